The number of nitrogens with zero attached hydrogens (tertiary/aromatic N) is 3. The van der Waals surface area contributed by atoms with Crippen molar-refractivity contribution in [2.75, 3.05) is 5.32 Å². The van der Waals surface area contributed by atoms with Crippen molar-refractivity contribution >= 4 is 35.0 Å². The maximum Gasteiger partial charge on any atom is 0.409 e. The predicted molar refractivity (Wildman–Crippen MR) is 133 cm³/mol. The van der Waals surface area contributed by atoms with Gasteiger partial charge >= 0.3 is 6.09 Å². The van der Waals surface area contributed by atoms with E-state index in [1.54, 1.807) is 48.5 Å². The third kappa shape index (κ3) is 4.01. The van der Waals surface area contributed by atoms with Crippen molar-refractivity contribution in [1.82, 2.24) is 9.97 Å². The van der Waals surface area contributed by atoms with Gasteiger partial charge in [-0.3, -0.25) is 5.32 Å². The zero-order valence-electron chi connectivity index (χ0n) is 18.4. The molecule has 1 aliphatic rings. The second-order valence-electron chi connectivity index (χ2n) is 8.35. The lowest BCUT2D eigenvalue weighted by molar-refractivity contribution is -0.620. The Kier molecular flexibility index (Phi) is 5.80. The molecule has 36 heavy (non-hydrogen) atoms. The summed E-state index contributed by atoms with van der Waals surface area (Å²) in [4.78, 5) is 18.2. The summed E-state index contributed by atoms with van der Waals surface area (Å²) in [6.45, 7) is 0. The summed E-state index contributed by atoms with van der Waals surface area (Å²) in [5.41, 5.74) is 1.77. The summed E-state index contributed by atoms with van der Waals surface area (Å²) in [5.74, 6) is 0.117. The lowest BCUT2D eigenvalue weighted by atomic mass is 9.97. The molecular formula is C25H17Cl2N5O4. The van der Waals surface area contributed by atoms with Crippen molar-refractivity contribution in [2.45, 2.75) is 18.4 Å². The molecule has 0 aliphatic heterocycles. The molecule has 2 aromatic carbocycles. The Morgan fingerprint density at radius 1 is 1.19 bits per heavy atom. The Morgan fingerprint density at radius 2 is 1.94 bits per heavy atom. The molecule has 11 heteroatoms. The highest BCUT2D eigenvalue weighted by Gasteiger charge is 2.48. The number of pyridine rings is 1. The number of carboxylic acid groups (broad SMARTS) is 1. The van der Waals surface area contributed by atoms with Crippen LogP contribution in [0.3, 0.4) is 0 Å². The number of aryl methyl sites for hydroxylation is 1. The zero-order chi connectivity index (χ0) is 25.6. The summed E-state index contributed by atoms with van der Waals surface area (Å²) in [6.07, 6.45) is 0.715. The van der Waals surface area contributed by atoms with Crippen LogP contribution in [0.5, 0.6) is 0 Å². The van der Waals surface area contributed by atoms with Gasteiger partial charge in [0.2, 0.25) is 11.3 Å². The molecule has 1 atom stereocenters. The first-order valence-electron chi connectivity index (χ1n) is 10.7. The fourth-order valence-corrected chi connectivity index (χ4v) is 4.92. The fraction of sp³-hybridized carbons (Fsp3) is 0.120. The fourth-order valence-electron chi connectivity index (χ4n) is 4.50. The number of anilines is 1. The van der Waals surface area contributed by atoms with Crippen molar-refractivity contribution in [1.29, 1.82) is 5.26 Å². The number of H-pyrrole nitrogens is 1. The summed E-state index contributed by atoms with van der Waals surface area (Å²) >= 11 is 12.5. The molecule has 0 saturated heterocycles. The second-order valence-corrected chi connectivity index (χ2v) is 9.16. The van der Waals surface area contributed by atoms with Gasteiger partial charge in [-0.2, -0.15) is 9.99 Å². The number of aromatic nitrogens is 3. The first-order chi connectivity index (χ1) is 17.2. The number of carbonyl (C=O) groups is 1. The van der Waals surface area contributed by atoms with Gasteiger partial charge in [0.1, 0.15) is 10.8 Å². The Morgan fingerprint density at radius 3 is 2.64 bits per heavy atom. The normalized spacial score (nSPS) is 16.4. The van der Waals surface area contributed by atoms with Crippen LogP contribution in [0.1, 0.15) is 29.1 Å². The molecule has 2 aromatic heterocycles. The van der Waals surface area contributed by atoms with Crippen LogP contribution in [0.2, 0.25) is 10.2 Å². The minimum Gasteiger partial charge on any atom is -0.618 e. The van der Waals surface area contributed by atoms with E-state index in [4.69, 9.17) is 28.3 Å². The van der Waals surface area contributed by atoms with Crippen LogP contribution in [0.4, 0.5) is 10.5 Å². The molecule has 2 heterocycles. The third-order valence-electron chi connectivity index (χ3n) is 6.13. The van der Waals surface area contributed by atoms with E-state index in [0.29, 0.717) is 55.4 Å². The average molecular weight is 522 g/mol. The number of hydrogen-bond donors (Lipinski definition) is 4. The molecule has 0 saturated carbocycles. The molecule has 0 fully saturated rings. The number of aliphatic hydroxyl groups is 1. The molecule has 0 spiro atoms. The standard InChI is InChI=1S/C25H17Cl2N5O4/c26-17-4-1-15(11-28)19(10-17)16-9-14-7-8-25(35,21(14)32(36)12-16)23-30-20(22(27)31-23)13-2-5-18(6-3-13)29-24(33)34/h1-6,9-10,12,29,35H,7-8H2,(H,30,31)(H,33,34)/t25-/m0/s1. The Hall–Kier alpha value is -4.10. The lowest BCUT2D eigenvalue weighted by Crippen LogP contribution is -2.42. The van der Waals surface area contributed by atoms with Gasteiger partial charge in [-0.25, -0.2) is 9.78 Å². The monoisotopic (exact) mass is 521 g/mol. The largest absolute Gasteiger partial charge is 0.618 e. The van der Waals surface area contributed by atoms with E-state index in [2.05, 4.69) is 21.4 Å². The Labute approximate surface area is 214 Å². The van der Waals surface area contributed by atoms with Crippen molar-refractivity contribution in [3.63, 3.8) is 0 Å². The van der Waals surface area contributed by atoms with Crippen molar-refractivity contribution in [2.24, 2.45) is 0 Å². The highest BCUT2D eigenvalue weighted by molar-refractivity contribution is 6.32. The van der Waals surface area contributed by atoms with Crippen molar-refractivity contribution in [3.05, 3.63) is 92.8 Å². The van der Waals surface area contributed by atoms with E-state index in [-0.39, 0.29) is 23.1 Å². The number of fused-ring (bicyclic) bond motifs is 1. The van der Waals surface area contributed by atoms with Gasteiger partial charge in [0.25, 0.3) is 0 Å². The van der Waals surface area contributed by atoms with Gasteiger partial charge in [0.05, 0.1) is 11.6 Å². The maximum absolute atomic E-state index is 13.2. The van der Waals surface area contributed by atoms with E-state index in [9.17, 15) is 20.4 Å². The van der Waals surface area contributed by atoms with Gasteiger partial charge < -0.3 is 20.4 Å². The quantitative estimate of drug-likeness (QED) is 0.223. The number of rotatable bonds is 4. The number of hydrogen-bond acceptors (Lipinski definition) is 5. The van der Waals surface area contributed by atoms with Crippen LogP contribution >= 0.6 is 23.2 Å². The second kappa shape index (κ2) is 8.84. The van der Waals surface area contributed by atoms with E-state index in [1.807, 2.05) is 0 Å². The Bertz CT molecular complexity index is 1560. The van der Waals surface area contributed by atoms with Crippen LogP contribution in [-0.2, 0) is 12.0 Å². The minimum absolute atomic E-state index is 0.117. The molecule has 180 valence electrons. The molecule has 1 amide bonds. The number of aromatic amines is 1. The predicted octanol–water partition coefficient (Wildman–Crippen LogP) is 4.83. The number of imidazole rings is 1. The van der Waals surface area contributed by atoms with E-state index in [0.717, 1.165) is 0 Å². The number of amides is 1. The molecule has 5 rings (SSSR count). The molecule has 0 bridgehead atoms. The van der Waals surface area contributed by atoms with Gasteiger partial charge in [0.15, 0.2) is 12.0 Å². The van der Waals surface area contributed by atoms with Gasteiger partial charge in [-0.1, -0.05) is 35.3 Å². The highest BCUT2D eigenvalue weighted by Crippen LogP contribution is 2.42. The number of nitrogens with one attached hydrogen (secondary N) is 2. The van der Waals surface area contributed by atoms with E-state index >= 15 is 0 Å². The van der Waals surface area contributed by atoms with E-state index in [1.165, 1.54) is 6.20 Å². The zero-order valence-corrected chi connectivity index (χ0v) is 19.9. The lowest BCUT2D eigenvalue weighted by Gasteiger charge is -2.20. The Balaban J connectivity index is 1.53. The van der Waals surface area contributed by atoms with Crippen LogP contribution in [0.25, 0.3) is 22.4 Å². The van der Waals surface area contributed by atoms with Crippen molar-refractivity contribution < 1.29 is 19.7 Å². The van der Waals surface area contributed by atoms with Crippen LogP contribution in [0, 0.1) is 16.5 Å². The topological polar surface area (TPSA) is 149 Å². The van der Waals surface area contributed by atoms with Crippen molar-refractivity contribution in [3.8, 4) is 28.5 Å². The number of halogens is 2. The minimum atomic E-state index is -1.71. The first kappa shape index (κ1) is 23.6. The smallest absolute Gasteiger partial charge is 0.409 e. The molecule has 4 N–H and O–H groups in total. The molecule has 0 unspecified atom stereocenters. The van der Waals surface area contributed by atoms with Gasteiger partial charge in [-0.15, -0.1) is 0 Å². The maximum atomic E-state index is 13.2. The first-order valence-corrected chi connectivity index (χ1v) is 11.5. The van der Waals surface area contributed by atoms with Gasteiger partial charge in [0, 0.05) is 33.0 Å². The summed E-state index contributed by atoms with van der Waals surface area (Å²) < 4.78 is 0.599. The third-order valence-corrected chi connectivity index (χ3v) is 6.64. The summed E-state index contributed by atoms with van der Waals surface area (Å²) in [6, 6.07) is 15.1. The van der Waals surface area contributed by atoms with Crippen LogP contribution in [-0.4, -0.2) is 26.3 Å². The number of nitriles is 1. The molecule has 9 nitrogen and oxygen atoms in total. The average Bonchev–Trinajstić information content (AvgIpc) is 3.40. The van der Waals surface area contributed by atoms with Gasteiger partial charge in [-0.05, 0) is 49.2 Å². The molecule has 1 aliphatic carbocycles. The van der Waals surface area contributed by atoms with Crippen LogP contribution in [0.15, 0.2) is 54.7 Å². The number of benzene rings is 2. The SMILES string of the molecule is N#Cc1ccc(Cl)cc1-c1cc2c([n+]([O-])c1)[C@](O)(c1nc(-c3ccc(NC(=O)O)cc3)c(Cl)[nH]1)CC2. The molecular weight excluding hydrogens is 505 g/mol. The highest BCUT2D eigenvalue weighted by atomic mass is 35.5. The van der Waals surface area contributed by atoms with E-state index < -0.39 is 11.7 Å². The molecule has 0 radical (unpaired) electrons. The summed E-state index contributed by atoms with van der Waals surface area (Å²) in [5, 5.41) is 46.0. The van der Waals surface area contributed by atoms with Crippen LogP contribution < -0.4 is 10.0 Å². The molecule has 4 aromatic rings. The summed E-state index contributed by atoms with van der Waals surface area (Å²) in [7, 11) is 0.